The Morgan fingerprint density at radius 2 is 2.16 bits per heavy atom. The highest BCUT2D eigenvalue weighted by Crippen LogP contribution is 2.18. The summed E-state index contributed by atoms with van der Waals surface area (Å²) < 4.78 is 32.0. The molecule has 108 valence electrons. The SMILES string of the molecule is CCN(CCOC)S(=O)(=O)c1cc(C(=O)O)n(C)c1. The van der Waals surface area contributed by atoms with Crippen LogP contribution in [0.25, 0.3) is 0 Å². The van der Waals surface area contributed by atoms with Crippen LogP contribution < -0.4 is 0 Å². The minimum absolute atomic E-state index is 0.0228. The predicted octanol–water partition coefficient (Wildman–Crippen LogP) is 0.380. The third-order valence-electron chi connectivity index (χ3n) is 2.73. The zero-order valence-electron chi connectivity index (χ0n) is 11.2. The van der Waals surface area contributed by atoms with Crippen LogP contribution in [0.3, 0.4) is 0 Å². The molecule has 0 atom stereocenters. The number of likely N-dealkylation sites (N-methyl/N-ethyl adjacent to an activating group) is 1. The Labute approximate surface area is 112 Å². The molecule has 19 heavy (non-hydrogen) atoms. The third kappa shape index (κ3) is 3.34. The average molecular weight is 290 g/mol. The fourth-order valence-electron chi connectivity index (χ4n) is 1.68. The lowest BCUT2D eigenvalue weighted by atomic mass is 10.4. The first-order valence-electron chi connectivity index (χ1n) is 5.73. The van der Waals surface area contributed by atoms with E-state index in [0.29, 0.717) is 6.54 Å². The predicted molar refractivity (Wildman–Crippen MR) is 68.7 cm³/mol. The smallest absolute Gasteiger partial charge is 0.352 e. The number of sulfonamides is 1. The van der Waals surface area contributed by atoms with Crippen molar-refractivity contribution in [2.24, 2.45) is 7.05 Å². The van der Waals surface area contributed by atoms with Crippen LogP contribution in [0.15, 0.2) is 17.2 Å². The van der Waals surface area contributed by atoms with Gasteiger partial charge < -0.3 is 14.4 Å². The Hall–Kier alpha value is -1.38. The molecule has 1 heterocycles. The van der Waals surface area contributed by atoms with Crippen molar-refractivity contribution < 1.29 is 23.1 Å². The number of carbonyl (C=O) groups is 1. The Morgan fingerprint density at radius 3 is 2.58 bits per heavy atom. The highest BCUT2D eigenvalue weighted by atomic mass is 32.2. The van der Waals surface area contributed by atoms with Crippen molar-refractivity contribution in [2.75, 3.05) is 26.8 Å². The molecule has 7 nitrogen and oxygen atoms in total. The minimum Gasteiger partial charge on any atom is -0.477 e. The molecule has 8 heteroatoms. The van der Waals surface area contributed by atoms with Gasteiger partial charge in [-0.3, -0.25) is 0 Å². The number of methoxy groups -OCH3 is 1. The largest absolute Gasteiger partial charge is 0.477 e. The third-order valence-corrected chi connectivity index (χ3v) is 4.67. The summed E-state index contributed by atoms with van der Waals surface area (Å²) in [7, 11) is -0.704. The summed E-state index contributed by atoms with van der Waals surface area (Å²) in [6.45, 7) is 2.52. The van der Waals surface area contributed by atoms with Crippen molar-refractivity contribution in [3.8, 4) is 0 Å². The molecule has 0 saturated carbocycles. The lowest BCUT2D eigenvalue weighted by Crippen LogP contribution is -2.33. The maximum Gasteiger partial charge on any atom is 0.352 e. The Morgan fingerprint density at radius 1 is 1.53 bits per heavy atom. The van der Waals surface area contributed by atoms with Gasteiger partial charge >= 0.3 is 5.97 Å². The zero-order valence-corrected chi connectivity index (χ0v) is 12.0. The molecule has 1 aromatic heterocycles. The van der Waals surface area contributed by atoms with Gasteiger partial charge in [-0.2, -0.15) is 4.31 Å². The van der Waals surface area contributed by atoms with Crippen LogP contribution in [0, 0.1) is 0 Å². The summed E-state index contributed by atoms with van der Waals surface area (Å²) in [5.41, 5.74) is -0.0682. The maximum absolute atomic E-state index is 12.3. The van der Waals surface area contributed by atoms with Gasteiger partial charge in [0.1, 0.15) is 10.6 Å². The number of carboxylic acids is 1. The van der Waals surface area contributed by atoms with Crippen molar-refractivity contribution in [1.82, 2.24) is 8.87 Å². The molecule has 0 aliphatic rings. The first kappa shape index (κ1) is 15.7. The minimum atomic E-state index is -3.69. The van der Waals surface area contributed by atoms with Crippen LogP contribution in [0.5, 0.6) is 0 Å². The second-order valence-electron chi connectivity index (χ2n) is 3.97. The topological polar surface area (TPSA) is 88.8 Å². The lowest BCUT2D eigenvalue weighted by molar-refractivity contribution is 0.0686. The van der Waals surface area contributed by atoms with E-state index in [0.717, 1.165) is 6.07 Å². The standard InChI is InChI=1S/C11H18N2O5S/c1-4-13(5-6-18-3)19(16,17)9-7-10(11(14)15)12(2)8-9/h7-8H,4-6H2,1-3H3,(H,14,15). The van der Waals surface area contributed by atoms with E-state index in [2.05, 4.69) is 0 Å². The highest BCUT2D eigenvalue weighted by Gasteiger charge is 2.26. The molecule has 1 aromatic rings. The maximum atomic E-state index is 12.3. The van der Waals surface area contributed by atoms with Crippen molar-refractivity contribution >= 4 is 16.0 Å². The van der Waals surface area contributed by atoms with Gasteiger partial charge in [0.05, 0.1) is 6.61 Å². The summed E-state index contributed by atoms with van der Waals surface area (Å²) in [5.74, 6) is -1.16. The van der Waals surface area contributed by atoms with E-state index in [-0.39, 0.29) is 23.7 Å². The molecule has 1 N–H and O–H groups in total. The van der Waals surface area contributed by atoms with E-state index in [1.165, 1.54) is 29.2 Å². The first-order chi connectivity index (χ1) is 8.84. The van der Waals surface area contributed by atoms with Gasteiger partial charge in [0, 0.05) is 33.4 Å². The molecule has 0 fully saturated rings. The zero-order chi connectivity index (χ0) is 14.6. The van der Waals surface area contributed by atoms with Crippen LogP contribution in [0.1, 0.15) is 17.4 Å². The summed E-state index contributed by atoms with van der Waals surface area (Å²) in [6.07, 6.45) is 1.30. The van der Waals surface area contributed by atoms with E-state index in [9.17, 15) is 13.2 Å². The van der Waals surface area contributed by atoms with Crippen LogP contribution in [-0.2, 0) is 21.8 Å². The monoisotopic (exact) mass is 290 g/mol. The van der Waals surface area contributed by atoms with E-state index >= 15 is 0 Å². The van der Waals surface area contributed by atoms with Crippen molar-refractivity contribution in [2.45, 2.75) is 11.8 Å². The fraction of sp³-hybridized carbons (Fsp3) is 0.545. The van der Waals surface area contributed by atoms with Gasteiger partial charge in [0.2, 0.25) is 10.0 Å². The Bertz CT molecular complexity index is 549. The van der Waals surface area contributed by atoms with E-state index in [4.69, 9.17) is 9.84 Å². The number of hydrogen-bond donors (Lipinski definition) is 1. The molecule has 0 saturated heterocycles. The van der Waals surface area contributed by atoms with Gasteiger partial charge in [-0.1, -0.05) is 6.92 Å². The summed E-state index contributed by atoms with van der Waals surface area (Å²) in [5, 5.41) is 8.93. The number of carboxylic acid groups (broad SMARTS) is 1. The number of ether oxygens (including phenoxy) is 1. The average Bonchev–Trinajstić information content (AvgIpc) is 2.73. The highest BCUT2D eigenvalue weighted by molar-refractivity contribution is 7.89. The molecular formula is C11H18N2O5S. The molecule has 0 amide bonds. The molecular weight excluding hydrogens is 272 g/mol. The summed E-state index contributed by atoms with van der Waals surface area (Å²) in [6, 6.07) is 1.16. The van der Waals surface area contributed by atoms with Gasteiger partial charge in [-0.15, -0.1) is 0 Å². The van der Waals surface area contributed by atoms with E-state index in [1.54, 1.807) is 6.92 Å². The van der Waals surface area contributed by atoms with Crippen LogP contribution in [-0.4, -0.2) is 55.2 Å². The number of hydrogen-bond acceptors (Lipinski definition) is 4. The number of aryl methyl sites for hydroxylation is 1. The number of rotatable bonds is 7. The Balaban J connectivity index is 3.11. The fourth-order valence-corrected chi connectivity index (χ4v) is 3.18. The second kappa shape index (κ2) is 6.18. The molecule has 0 spiro atoms. The first-order valence-corrected chi connectivity index (χ1v) is 7.17. The summed E-state index contributed by atoms with van der Waals surface area (Å²) in [4.78, 5) is 10.9. The molecule has 0 radical (unpaired) electrons. The molecule has 0 unspecified atom stereocenters. The van der Waals surface area contributed by atoms with Gasteiger partial charge in [0.25, 0.3) is 0 Å². The van der Waals surface area contributed by atoms with Crippen molar-refractivity contribution in [1.29, 1.82) is 0 Å². The number of aromatic carboxylic acids is 1. The lowest BCUT2D eigenvalue weighted by Gasteiger charge is -2.19. The molecule has 0 aromatic carbocycles. The normalized spacial score (nSPS) is 12.0. The van der Waals surface area contributed by atoms with Crippen molar-refractivity contribution in [3.05, 3.63) is 18.0 Å². The van der Waals surface area contributed by atoms with Crippen LogP contribution >= 0.6 is 0 Å². The molecule has 0 aliphatic carbocycles. The van der Waals surface area contributed by atoms with Gasteiger partial charge in [-0.25, -0.2) is 13.2 Å². The van der Waals surface area contributed by atoms with Crippen LogP contribution in [0.2, 0.25) is 0 Å². The van der Waals surface area contributed by atoms with E-state index < -0.39 is 16.0 Å². The molecule has 1 rings (SSSR count). The van der Waals surface area contributed by atoms with Crippen molar-refractivity contribution in [3.63, 3.8) is 0 Å². The van der Waals surface area contributed by atoms with Gasteiger partial charge in [-0.05, 0) is 6.07 Å². The number of aromatic nitrogens is 1. The van der Waals surface area contributed by atoms with Gasteiger partial charge in [0.15, 0.2) is 0 Å². The quantitative estimate of drug-likeness (QED) is 0.784. The number of nitrogens with zero attached hydrogens (tertiary/aromatic N) is 2. The Kier molecular flexibility index (Phi) is 5.10. The molecule has 0 bridgehead atoms. The van der Waals surface area contributed by atoms with E-state index in [1.807, 2.05) is 0 Å². The molecule has 0 aliphatic heterocycles. The van der Waals surface area contributed by atoms with Crippen LogP contribution in [0.4, 0.5) is 0 Å². The summed E-state index contributed by atoms with van der Waals surface area (Å²) >= 11 is 0. The second-order valence-corrected chi connectivity index (χ2v) is 5.90.